The molecule has 1 aromatic heterocycles. The second-order valence-electron chi connectivity index (χ2n) is 4.98. The zero-order valence-corrected chi connectivity index (χ0v) is 13.7. The molecule has 0 saturated carbocycles. The molecule has 22 heavy (non-hydrogen) atoms. The second-order valence-corrected chi connectivity index (χ2v) is 4.98. The molecule has 1 unspecified atom stereocenters. The molecule has 0 saturated heterocycles. The molecule has 1 heterocycles. The van der Waals surface area contributed by atoms with E-state index in [4.69, 9.17) is 14.2 Å². The molecule has 0 amide bonds. The first kappa shape index (κ1) is 18.4. The van der Waals surface area contributed by atoms with E-state index in [-0.39, 0.29) is 17.6 Å². The van der Waals surface area contributed by atoms with E-state index in [0.717, 1.165) is 12.8 Å². The van der Waals surface area contributed by atoms with Crippen LogP contribution in [0.3, 0.4) is 0 Å². The Bertz CT molecular complexity index is 475. The van der Waals surface area contributed by atoms with Gasteiger partial charge in [0, 0.05) is 33.9 Å². The summed E-state index contributed by atoms with van der Waals surface area (Å²) in [6.07, 6.45) is 2.21. The molecule has 0 radical (unpaired) electrons. The first-order valence-corrected chi connectivity index (χ1v) is 7.40. The van der Waals surface area contributed by atoms with E-state index in [0.29, 0.717) is 31.9 Å². The van der Waals surface area contributed by atoms with Crippen molar-refractivity contribution >= 4 is 5.69 Å². The minimum atomic E-state index is -0.437. The van der Waals surface area contributed by atoms with Gasteiger partial charge in [-0.15, -0.1) is 5.10 Å². The highest BCUT2D eigenvalue weighted by molar-refractivity contribution is 5.45. The number of nitro groups is 1. The molecule has 1 rings (SSSR count). The van der Waals surface area contributed by atoms with Crippen LogP contribution in [-0.2, 0) is 9.47 Å². The van der Waals surface area contributed by atoms with Crippen LogP contribution in [0.2, 0.25) is 0 Å². The van der Waals surface area contributed by atoms with Gasteiger partial charge < -0.3 is 14.2 Å². The van der Waals surface area contributed by atoms with Crippen molar-refractivity contribution in [2.24, 2.45) is 0 Å². The molecule has 0 aliphatic heterocycles. The maximum absolute atomic E-state index is 11.3. The van der Waals surface area contributed by atoms with Gasteiger partial charge in [-0.05, 0) is 19.8 Å². The standard InChI is InChI=1S/C14H25N3O5/c1-5-12(7-10-21-4)16-11(2)13(17(18)19)14(15-16)22-9-6-8-20-3/h12H,5-10H2,1-4H3. The van der Waals surface area contributed by atoms with Gasteiger partial charge in [0.05, 0.1) is 17.6 Å². The molecule has 1 aromatic rings. The number of ether oxygens (including phenoxy) is 3. The summed E-state index contributed by atoms with van der Waals surface area (Å²) in [5.41, 5.74) is 0.447. The molecular formula is C14H25N3O5. The van der Waals surface area contributed by atoms with Gasteiger partial charge in [0.2, 0.25) is 0 Å². The molecule has 0 aliphatic rings. The first-order chi connectivity index (χ1) is 10.6. The fourth-order valence-electron chi connectivity index (χ4n) is 2.27. The Morgan fingerprint density at radius 2 is 1.95 bits per heavy atom. The molecule has 8 nitrogen and oxygen atoms in total. The first-order valence-electron chi connectivity index (χ1n) is 7.40. The van der Waals surface area contributed by atoms with Crippen LogP contribution in [-0.4, -0.2) is 48.7 Å². The lowest BCUT2D eigenvalue weighted by atomic mass is 10.1. The normalized spacial score (nSPS) is 12.4. The number of aromatic nitrogens is 2. The molecular weight excluding hydrogens is 290 g/mol. The molecule has 1 atom stereocenters. The number of rotatable bonds is 11. The maximum atomic E-state index is 11.3. The van der Waals surface area contributed by atoms with Gasteiger partial charge in [-0.3, -0.25) is 14.8 Å². The highest BCUT2D eigenvalue weighted by atomic mass is 16.6. The molecule has 0 aromatic carbocycles. The van der Waals surface area contributed by atoms with E-state index in [1.54, 1.807) is 25.8 Å². The predicted molar refractivity (Wildman–Crippen MR) is 81.4 cm³/mol. The summed E-state index contributed by atoms with van der Waals surface area (Å²) < 4.78 is 17.2. The van der Waals surface area contributed by atoms with Gasteiger partial charge in [-0.25, -0.2) is 0 Å². The van der Waals surface area contributed by atoms with Crippen molar-refractivity contribution < 1.29 is 19.1 Å². The molecule has 0 aliphatic carbocycles. The summed E-state index contributed by atoms with van der Waals surface area (Å²) in [4.78, 5) is 10.9. The van der Waals surface area contributed by atoms with Crippen molar-refractivity contribution in [3.8, 4) is 5.88 Å². The molecule has 8 heteroatoms. The zero-order valence-electron chi connectivity index (χ0n) is 13.7. The van der Waals surface area contributed by atoms with E-state index in [2.05, 4.69) is 5.10 Å². The van der Waals surface area contributed by atoms with E-state index in [9.17, 15) is 10.1 Å². The smallest absolute Gasteiger partial charge is 0.352 e. The Morgan fingerprint density at radius 1 is 1.27 bits per heavy atom. The van der Waals surface area contributed by atoms with Crippen LogP contribution in [0.1, 0.15) is 37.9 Å². The van der Waals surface area contributed by atoms with Crippen LogP contribution in [0.4, 0.5) is 5.69 Å². The Hall–Kier alpha value is -1.67. The lowest BCUT2D eigenvalue weighted by molar-refractivity contribution is -0.386. The van der Waals surface area contributed by atoms with E-state index < -0.39 is 4.92 Å². The minimum Gasteiger partial charge on any atom is -0.472 e. The van der Waals surface area contributed by atoms with Gasteiger partial charge in [-0.1, -0.05) is 6.92 Å². The topological polar surface area (TPSA) is 88.7 Å². The Labute approximate surface area is 130 Å². The van der Waals surface area contributed by atoms with Crippen molar-refractivity contribution in [2.45, 2.75) is 39.2 Å². The zero-order chi connectivity index (χ0) is 16.5. The summed E-state index contributed by atoms with van der Waals surface area (Å²) in [6, 6.07) is 0.0509. The number of methoxy groups -OCH3 is 2. The minimum absolute atomic E-state index is 0.0509. The van der Waals surface area contributed by atoms with Crippen LogP contribution in [0, 0.1) is 17.0 Å². The number of hydrogen-bond acceptors (Lipinski definition) is 6. The Kier molecular flexibility index (Phi) is 7.83. The maximum Gasteiger partial charge on any atom is 0.352 e. The van der Waals surface area contributed by atoms with E-state index in [1.165, 1.54) is 0 Å². The molecule has 0 N–H and O–H groups in total. The fourth-order valence-corrected chi connectivity index (χ4v) is 2.27. The monoisotopic (exact) mass is 315 g/mol. The average Bonchev–Trinajstić information content (AvgIpc) is 2.81. The number of hydrogen-bond donors (Lipinski definition) is 0. The van der Waals surface area contributed by atoms with E-state index in [1.807, 2.05) is 6.92 Å². The molecule has 0 spiro atoms. The van der Waals surface area contributed by atoms with Crippen molar-refractivity contribution in [2.75, 3.05) is 34.0 Å². The molecule has 0 bridgehead atoms. The third-order valence-corrected chi connectivity index (χ3v) is 3.47. The van der Waals surface area contributed by atoms with Crippen molar-refractivity contribution in [1.29, 1.82) is 0 Å². The van der Waals surface area contributed by atoms with Crippen molar-refractivity contribution in [1.82, 2.24) is 9.78 Å². The average molecular weight is 315 g/mol. The van der Waals surface area contributed by atoms with Crippen LogP contribution >= 0.6 is 0 Å². The van der Waals surface area contributed by atoms with Gasteiger partial charge in [0.15, 0.2) is 0 Å². The van der Waals surface area contributed by atoms with Gasteiger partial charge >= 0.3 is 11.6 Å². The summed E-state index contributed by atoms with van der Waals surface area (Å²) in [7, 11) is 3.23. The van der Waals surface area contributed by atoms with Crippen molar-refractivity contribution in [3.63, 3.8) is 0 Å². The molecule has 0 fully saturated rings. The summed E-state index contributed by atoms with van der Waals surface area (Å²) in [5, 5.41) is 15.6. The predicted octanol–water partition coefficient (Wildman–Crippen LogP) is 2.50. The van der Waals surface area contributed by atoms with Gasteiger partial charge in [0.25, 0.3) is 0 Å². The third-order valence-electron chi connectivity index (χ3n) is 3.47. The Morgan fingerprint density at radius 3 is 2.50 bits per heavy atom. The van der Waals surface area contributed by atoms with E-state index >= 15 is 0 Å². The SMILES string of the molecule is CCC(CCOC)n1nc(OCCCOC)c([N+](=O)[O-])c1C. The lowest BCUT2D eigenvalue weighted by Gasteiger charge is -2.16. The fraction of sp³-hybridized carbons (Fsp3) is 0.786. The van der Waals surface area contributed by atoms with Gasteiger partial charge in [-0.2, -0.15) is 0 Å². The van der Waals surface area contributed by atoms with Crippen LogP contribution in [0.25, 0.3) is 0 Å². The molecule has 126 valence electrons. The van der Waals surface area contributed by atoms with Gasteiger partial charge in [0.1, 0.15) is 5.69 Å². The quantitative estimate of drug-likeness (QED) is 0.354. The number of nitrogens with zero attached hydrogens (tertiary/aromatic N) is 3. The highest BCUT2D eigenvalue weighted by Gasteiger charge is 2.29. The summed E-state index contributed by atoms with van der Waals surface area (Å²) >= 11 is 0. The Balaban J connectivity index is 2.96. The largest absolute Gasteiger partial charge is 0.472 e. The van der Waals surface area contributed by atoms with Crippen LogP contribution in [0.5, 0.6) is 5.88 Å². The summed E-state index contributed by atoms with van der Waals surface area (Å²) in [6.45, 7) is 5.17. The lowest BCUT2D eigenvalue weighted by Crippen LogP contribution is -2.14. The third kappa shape index (κ3) is 4.67. The summed E-state index contributed by atoms with van der Waals surface area (Å²) in [5.74, 6) is 0.0782. The van der Waals surface area contributed by atoms with Crippen LogP contribution in [0.15, 0.2) is 0 Å². The van der Waals surface area contributed by atoms with Crippen molar-refractivity contribution in [3.05, 3.63) is 15.8 Å². The highest BCUT2D eigenvalue weighted by Crippen LogP contribution is 2.33. The van der Waals surface area contributed by atoms with Crippen LogP contribution < -0.4 is 4.74 Å². The second kappa shape index (κ2) is 9.37.